The van der Waals surface area contributed by atoms with Crippen molar-refractivity contribution in [2.75, 3.05) is 0 Å². The summed E-state index contributed by atoms with van der Waals surface area (Å²) in [5.74, 6) is 0.312. The molecule has 0 bridgehead atoms. The summed E-state index contributed by atoms with van der Waals surface area (Å²) in [5.41, 5.74) is 6.54. The van der Waals surface area contributed by atoms with E-state index in [-0.39, 0.29) is 0 Å². The zero-order chi connectivity index (χ0) is 14.7. The second kappa shape index (κ2) is 6.10. The molecule has 2 aromatic carbocycles. The van der Waals surface area contributed by atoms with Crippen LogP contribution in [0.5, 0.6) is 5.75 Å². The summed E-state index contributed by atoms with van der Waals surface area (Å²) >= 11 is 0. The van der Waals surface area contributed by atoms with Crippen molar-refractivity contribution < 1.29 is 5.11 Å². The monoisotopic (exact) mass is 269 g/mol. The second-order valence-corrected chi connectivity index (χ2v) is 5.56. The fraction of sp³-hybridized carbons (Fsp3) is 0.333. The Bertz CT molecular complexity index is 587. The summed E-state index contributed by atoms with van der Waals surface area (Å²) < 4.78 is 0. The van der Waals surface area contributed by atoms with Crippen LogP contribution in [0.3, 0.4) is 0 Å². The minimum atomic E-state index is 0.308. The third-order valence-electron chi connectivity index (χ3n) is 3.90. The van der Waals surface area contributed by atoms with Gasteiger partial charge in [-0.15, -0.1) is 0 Å². The molecule has 1 unspecified atom stereocenters. The Morgan fingerprint density at radius 1 is 0.950 bits per heavy atom. The van der Waals surface area contributed by atoms with Crippen molar-refractivity contribution in [3.05, 3.63) is 64.2 Å². The Hall–Kier alpha value is -1.80. The van der Waals surface area contributed by atoms with Gasteiger partial charge in [-0.1, -0.05) is 24.3 Å². The number of hydrogen-bond acceptors (Lipinski definition) is 2. The molecule has 106 valence electrons. The van der Waals surface area contributed by atoms with Gasteiger partial charge in [0.2, 0.25) is 0 Å². The Labute approximate surface area is 121 Å². The molecule has 0 aliphatic rings. The molecule has 1 atom stereocenters. The lowest BCUT2D eigenvalue weighted by Gasteiger charge is -2.18. The van der Waals surface area contributed by atoms with Crippen LogP contribution in [0.2, 0.25) is 0 Å². The van der Waals surface area contributed by atoms with Crippen LogP contribution in [0.25, 0.3) is 0 Å². The first-order valence-electron chi connectivity index (χ1n) is 7.06. The quantitative estimate of drug-likeness (QED) is 0.873. The highest BCUT2D eigenvalue weighted by molar-refractivity contribution is 5.38. The largest absolute Gasteiger partial charge is 0.508 e. The van der Waals surface area contributed by atoms with E-state index in [1.54, 1.807) is 12.1 Å². The Morgan fingerprint density at radius 3 is 2.20 bits per heavy atom. The SMILES string of the molecule is Cc1cc(C)c(C(C)NCc2ccc(O)cc2)cc1C. The maximum absolute atomic E-state index is 9.28. The van der Waals surface area contributed by atoms with Crippen LogP contribution in [0.1, 0.15) is 40.8 Å². The number of rotatable bonds is 4. The summed E-state index contributed by atoms with van der Waals surface area (Å²) in [6.45, 7) is 9.47. The van der Waals surface area contributed by atoms with Crippen molar-refractivity contribution >= 4 is 0 Å². The zero-order valence-corrected chi connectivity index (χ0v) is 12.7. The van der Waals surface area contributed by atoms with Crippen LogP contribution < -0.4 is 5.32 Å². The molecule has 0 fully saturated rings. The standard InChI is InChI=1S/C18H23NO/c1-12-9-14(3)18(10-13(12)2)15(4)19-11-16-5-7-17(20)8-6-16/h5-10,15,19-20H,11H2,1-4H3. The molecule has 20 heavy (non-hydrogen) atoms. The van der Waals surface area contributed by atoms with Crippen molar-refractivity contribution in [1.29, 1.82) is 0 Å². The molecule has 2 N–H and O–H groups in total. The van der Waals surface area contributed by atoms with Gasteiger partial charge < -0.3 is 10.4 Å². The molecule has 2 aromatic rings. The van der Waals surface area contributed by atoms with Crippen LogP contribution >= 0.6 is 0 Å². The van der Waals surface area contributed by atoms with Gasteiger partial charge in [0, 0.05) is 12.6 Å². The van der Waals surface area contributed by atoms with E-state index in [1.807, 2.05) is 12.1 Å². The average molecular weight is 269 g/mol. The molecule has 0 radical (unpaired) electrons. The minimum Gasteiger partial charge on any atom is -0.508 e. The van der Waals surface area contributed by atoms with Crippen molar-refractivity contribution in [3.63, 3.8) is 0 Å². The van der Waals surface area contributed by atoms with Gasteiger partial charge in [0.15, 0.2) is 0 Å². The molecule has 2 nitrogen and oxygen atoms in total. The van der Waals surface area contributed by atoms with Gasteiger partial charge in [-0.2, -0.15) is 0 Å². The molecule has 0 saturated heterocycles. The lowest BCUT2D eigenvalue weighted by molar-refractivity contribution is 0.474. The predicted molar refractivity (Wildman–Crippen MR) is 84.0 cm³/mol. The number of nitrogens with one attached hydrogen (secondary N) is 1. The highest BCUT2D eigenvalue weighted by atomic mass is 16.3. The summed E-state index contributed by atoms with van der Waals surface area (Å²) in [5, 5.41) is 12.8. The first-order valence-corrected chi connectivity index (χ1v) is 7.06. The highest BCUT2D eigenvalue weighted by Crippen LogP contribution is 2.22. The fourth-order valence-electron chi connectivity index (χ4n) is 2.44. The van der Waals surface area contributed by atoms with Crippen LogP contribution in [0.4, 0.5) is 0 Å². The Balaban J connectivity index is 2.06. The minimum absolute atomic E-state index is 0.308. The van der Waals surface area contributed by atoms with Gasteiger partial charge in [0.05, 0.1) is 0 Å². The van der Waals surface area contributed by atoms with Gasteiger partial charge in [-0.25, -0.2) is 0 Å². The van der Waals surface area contributed by atoms with Crippen LogP contribution in [-0.4, -0.2) is 5.11 Å². The predicted octanol–water partition coefficient (Wildman–Crippen LogP) is 4.17. The van der Waals surface area contributed by atoms with E-state index < -0.39 is 0 Å². The van der Waals surface area contributed by atoms with Crippen LogP contribution in [0, 0.1) is 20.8 Å². The van der Waals surface area contributed by atoms with Crippen molar-refractivity contribution in [1.82, 2.24) is 5.32 Å². The molecule has 2 heteroatoms. The molecular weight excluding hydrogens is 246 g/mol. The number of phenolic OH excluding ortho intramolecular Hbond substituents is 1. The van der Waals surface area contributed by atoms with Crippen molar-refractivity contribution in [3.8, 4) is 5.75 Å². The molecule has 0 spiro atoms. The number of aryl methyl sites for hydroxylation is 3. The van der Waals surface area contributed by atoms with Gasteiger partial charge in [0.25, 0.3) is 0 Å². The van der Waals surface area contributed by atoms with E-state index in [0.29, 0.717) is 11.8 Å². The number of hydrogen-bond donors (Lipinski definition) is 2. The topological polar surface area (TPSA) is 32.3 Å². The van der Waals surface area contributed by atoms with Gasteiger partial charge in [-0.3, -0.25) is 0 Å². The van der Waals surface area contributed by atoms with Crippen molar-refractivity contribution in [2.45, 2.75) is 40.3 Å². The zero-order valence-electron chi connectivity index (χ0n) is 12.7. The Kier molecular flexibility index (Phi) is 4.46. The lowest BCUT2D eigenvalue weighted by Crippen LogP contribution is -2.19. The van der Waals surface area contributed by atoms with Gasteiger partial charge >= 0.3 is 0 Å². The van der Waals surface area contributed by atoms with E-state index >= 15 is 0 Å². The smallest absolute Gasteiger partial charge is 0.115 e. The van der Waals surface area contributed by atoms with E-state index in [2.05, 4.69) is 45.1 Å². The summed E-state index contributed by atoms with van der Waals surface area (Å²) in [6, 6.07) is 12.2. The first-order chi connectivity index (χ1) is 9.47. The number of benzene rings is 2. The van der Waals surface area contributed by atoms with E-state index in [9.17, 15) is 5.11 Å². The summed E-state index contributed by atoms with van der Waals surface area (Å²) in [6.07, 6.45) is 0. The average Bonchev–Trinajstić information content (AvgIpc) is 2.42. The molecule has 2 rings (SSSR count). The van der Waals surface area contributed by atoms with Crippen molar-refractivity contribution in [2.24, 2.45) is 0 Å². The van der Waals surface area contributed by atoms with E-state index in [1.165, 1.54) is 27.8 Å². The molecular formula is C18H23NO. The lowest BCUT2D eigenvalue weighted by atomic mass is 9.96. The number of aromatic hydroxyl groups is 1. The highest BCUT2D eigenvalue weighted by Gasteiger charge is 2.09. The number of phenols is 1. The fourth-order valence-corrected chi connectivity index (χ4v) is 2.44. The summed E-state index contributed by atoms with van der Waals surface area (Å²) in [7, 11) is 0. The summed E-state index contributed by atoms with van der Waals surface area (Å²) in [4.78, 5) is 0. The maximum atomic E-state index is 9.28. The van der Waals surface area contributed by atoms with E-state index in [4.69, 9.17) is 0 Å². The second-order valence-electron chi connectivity index (χ2n) is 5.56. The molecule has 0 amide bonds. The van der Waals surface area contributed by atoms with Crippen LogP contribution in [0.15, 0.2) is 36.4 Å². The third-order valence-corrected chi connectivity index (χ3v) is 3.90. The third kappa shape index (κ3) is 3.40. The Morgan fingerprint density at radius 2 is 1.55 bits per heavy atom. The van der Waals surface area contributed by atoms with Gasteiger partial charge in [0.1, 0.15) is 5.75 Å². The van der Waals surface area contributed by atoms with Gasteiger partial charge in [-0.05, 0) is 67.6 Å². The molecule has 0 aliphatic carbocycles. The van der Waals surface area contributed by atoms with Crippen LogP contribution in [-0.2, 0) is 6.54 Å². The molecule has 0 heterocycles. The molecule has 0 saturated carbocycles. The normalized spacial score (nSPS) is 12.4. The molecule has 0 aliphatic heterocycles. The first kappa shape index (κ1) is 14.6. The van der Waals surface area contributed by atoms with E-state index in [0.717, 1.165) is 6.54 Å². The molecule has 0 aromatic heterocycles. The maximum Gasteiger partial charge on any atom is 0.115 e.